The second kappa shape index (κ2) is 5.74. The maximum Gasteiger partial charge on any atom is 0.116 e. The zero-order valence-electron chi connectivity index (χ0n) is 8.19. The van der Waals surface area contributed by atoms with E-state index >= 15 is 0 Å². The van der Waals surface area contributed by atoms with Gasteiger partial charge >= 0.3 is 0 Å². The Balaban J connectivity index is 2.17. The molecule has 0 aliphatic carbocycles. The quantitative estimate of drug-likeness (QED) is 0.756. The molecule has 0 aliphatic rings. The van der Waals surface area contributed by atoms with E-state index in [1.54, 1.807) is 18.0 Å². The number of nitriles is 1. The third-order valence-electron chi connectivity index (χ3n) is 1.94. The molecule has 4 heteroatoms. The predicted molar refractivity (Wildman–Crippen MR) is 57.8 cm³/mol. The first-order valence-electron chi connectivity index (χ1n) is 4.50. The average Bonchev–Trinajstić information content (AvgIpc) is 2.58. The van der Waals surface area contributed by atoms with E-state index in [4.69, 9.17) is 15.4 Å². The molecular formula is C10H14N2OS. The lowest BCUT2D eigenvalue weighted by Gasteiger charge is -2.01. The van der Waals surface area contributed by atoms with E-state index in [2.05, 4.69) is 0 Å². The van der Waals surface area contributed by atoms with Crippen molar-refractivity contribution in [1.29, 1.82) is 5.26 Å². The van der Waals surface area contributed by atoms with Gasteiger partial charge in [-0.3, -0.25) is 0 Å². The average molecular weight is 210 g/mol. The minimum atomic E-state index is -0.333. The monoisotopic (exact) mass is 210 g/mol. The van der Waals surface area contributed by atoms with Crippen molar-refractivity contribution in [1.82, 2.24) is 0 Å². The molecule has 0 saturated carbocycles. The van der Waals surface area contributed by atoms with Crippen LogP contribution in [0.25, 0.3) is 0 Å². The minimum Gasteiger partial charge on any atom is -0.468 e. The summed E-state index contributed by atoms with van der Waals surface area (Å²) in [6.07, 6.45) is 2.44. The molecule has 0 spiro atoms. The molecule has 0 aromatic carbocycles. The second-order valence-corrected chi connectivity index (χ2v) is 4.21. The van der Waals surface area contributed by atoms with Gasteiger partial charge in [0.25, 0.3) is 0 Å². The molecule has 14 heavy (non-hydrogen) atoms. The van der Waals surface area contributed by atoms with Gasteiger partial charge in [0.1, 0.15) is 5.76 Å². The number of aryl methyl sites for hydroxylation is 1. The number of furan rings is 1. The molecule has 1 heterocycles. The SMILES string of the molecule is Cc1ccoc1CSCCC(N)C#N. The summed E-state index contributed by atoms with van der Waals surface area (Å²) in [4.78, 5) is 0. The fourth-order valence-electron chi connectivity index (χ4n) is 0.992. The molecule has 76 valence electrons. The van der Waals surface area contributed by atoms with E-state index in [0.29, 0.717) is 0 Å². The van der Waals surface area contributed by atoms with Crippen LogP contribution in [0.15, 0.2) is 16.7 Å². The minimum absolute atomic E-state index is 0.333. The van der Waals surface area contributed by atoms with Crippen molar-refractivity contribution >= 4 is 11.8 Å². The highest BCUT2D eigenvalue weighted by atomic mass is 32.2. The van der Waals surface area contributed by atoms with Gasteiger partial charge in [0.2, 0.25) is 0 Å². The molecule has 1 aromatic rings. The van der Waals surface area contributed by atoms with Crippen LogP contribution in [0.4, 0.5) is 0 Å². The van der Waals surface area contributed by atoms with E-state index in [1.807, 2.05) is 19.1 Å². The van der Waals surface area contributed by atoms with Crippen LogP contribution < -0.4 is 5.73 Å². The molecule has 1 atom stereocenters. The molecule has 0 fully saturated rings. The highest BCUT2D eigenvalue weighted by molar-refractivity contribution is 7.98. The topological polar surface area (TPSA) is 62.9 Å². The zero-order valence-corrected chi connectivity index (χ0v) is 9.01. The van der Waals surface area contributed by atoms with Crippen LogP contribution in [0.1, 0.15) is 17.7 Å². The van der Waals surface area contributed by atoms with Gasteiger partial charge < -0.3 is 10.2 Å². The maximum atomic E-state index is 8.46. The molecule has 1 unspecified atom stereocenters. The van der Waals surface area contributed by atoms with Gasteiger partial charge in [-0.2, -0.15) is 17.0 Å². The van der Waals surface area contributed by atoms with Gasteiger partial charge in [0.05, 0.1) is 24.1 Å². The summed E-state index contributed by atoms with van der Waals surface area (Å²) >= 11 is 1.74. The van der Waals surface area contributed by atoms with Crippen molar-refractivity contribution in [2.24, 2.45) is 5.73 Å². The molecule has 0 radical (unpaired) electrons. The predicted octanol–water partition coefficient (Wildman–Crippen LogP) is 2.06. The highest BCUT2D eigenvalue weighted by Crippen LogP contribution is 2.17. The lowest BCUT2D eigenvalue weighted by molar-refractivity contribution is 0.528. The fraction of sp³-hybridized carbons (Fsp3) is 0.500. The van der Waals surface area contributed by atoms with Gasteiger partial charge in [-0.25, -0.2) is 0 Å². The first-order valence-corrected chi connectivity index (χ1v) is 5.65. The molecule has 3 nitrogen and oxygen atoms in total. The molecule has 0 amide bonds. The first kappa shape index (κ1) is 11.2. The van der Waals surface area contributed by atoms with E-state index in [0.717, 1.165) is 23.7 Å². The molecule has 0 bridgehead atoms. The Labute approximate surface area is 88.3 Å². The third-order valence-corrected chi connectivity index (χ3v) is 2.93. The molecule has 0 aliphatic heterocycles. The molecule has 2 N–H and O–H groups in total. The third kappa shape index (κ3) is 3.44. The Kier molecular flexibility index (Phi) is 4.57. The lowest BCUT2D eigenvalue weighted by Crippen LogP contribution is -2.17. The van der Waals surface area contributed by atoms with Gasteiger partial charge in [0, 0.05) is 0 Å². The zero-order chi connectivity index (χ0) is 10.4. The number of nitrogens with zero attached hydrogens (tertiary/aromatic N) is 1. The van der Waals surface area contributed by atoms with E-state index in [-0.39, 0.29) is 6.04 Å². The fourth-order valence-corrected chi connectivity index (χ4v) is 2.04. The summed E-state index contributed by atoms with van der Waals surface area (Å²) in [5.74, 6) is 2.77. The number of thioether (sulfide) groups is 1. The van der Waals surface area contributed by atoms with Crippen LogP contribution in [-0.4, -0.2) is 11.8 Å². The molecule has 1 aromatic heterocycles. The van der Waals surface area contributed by atoms with E-state index in [1.165, 1.54) is 5.56 Å². The van der Waals surface area contributed by atoms with Gasteiger partial charge in [-0.15, -0.1) is 0 Å². The lowest BCUT2D eigenvalue weighted by atomic mass is 10.3. The van der Waals surface area contributed by atoms with E-state index in [9.17, 15) is 0 Å². The summed E-state index contributed by atoms with van der Waals surface area (Å²) in [6.45, 7) is 2.03. The van der Waals surface area contributed by atoms with Gasteiger partial charge in [-0.1, -0.05) is 0 Å². The molecular weight excluding hydrogens is 196 g/mol. The normalized spacial score (nSPS) is 12.4. The second-order valence-electron chi connectivity index (χ2n) is 3.10. The molecule has 0 saturated heterocycles. The van der Waals surface area contributed by atoms with E-state index < -0.39 is 0 Å². The highest BCUT2D eigenvalue weighted by Gasteiger charge is 2.03. The number of hydrogen-bond acceptors (Lipinski definition) is 4. The van der Waals surface area contributed by atoms with Crippen molar-refractivity contribution in [2.75, 3.05) is 5.75 Å². The Hall–Kier alpha value is -0.920. The van der Waals surface area contributed by atoms with Crippen LogP contribution in [0.5, 0.6) is 0 Å². The Bertz CT molecular complexity index is 316. The summed E-state index contributed by atoms with van der Waals surface area (Å²) in [5, 5.41) is 8.46. The smallest absolute Gasteiger partial charge is 0.116 e. The van der Waals surface area contributed by atoms with Crippen LogP contribution in [0.3, 0.4) is 0 Å². The maximum absolute atomic E-state index is 8.46. The summed E-state index contributed by atoms with van der Waals surface area (Å²) in [5.41, 5.74) is 6.65. The number of nitrogens with two attached hydrogens (primary N) is 1. The summed E-state index contributed by atoms with van der Waals surface area (Å²) in [7, 11) is 0. The van der Waals surface area contributed by atoms with Gasteiger partial charge in [-0.05, 0) is 30.7 Å². The van der Waals surface area contributed by atoms with Crippen molar-refractivity contribution in [3.8, 4) is 6.07 Å². The summed E-state index contributed by atoms with van der Waals surface area (Å²) in [6, 6.07) is 3.63. The van der Waals surface area contributed by atoms with Crippen LogP contribution in [0, 0.1) is 18.3 Å². The molecule has 1 rings (SSSR count). The van der Waals surface area contributed by atoms with Crippen molar-refractivity contribution in [3.63, 3.8) is 0 Å². The standard InChI is InChI=1S/C10H14N2OS/c1-8-2-4-13-10(8)7-14-5-3-9(12)6-11/h2,4,9H,3,5,7,12H2,1H3. The van der Waals surface area contributed by atoms with Crippen molar-refractivity contribution in [3.05, 3.63) is 23.7 Å². The van der Waals surface area contributed by atoms with Crippen molar-refractivity contribution in [2.45, 2.75) is 25.1 Å². The Morgan fingerprint density at radius 2 is 2.50 bits per heavy atom. The first-order chi connectivity index (χ1) is 6.74. The largest absolute Gasteiger partial charge is 0.468 e. The van der Waals surface area contributed by atoms with Crippen LogP contribution in [-0.2, 0) is 5.75 Å². The van der Waals surface area contributed by atoms with Gasteiger partial charge in [0.15, 0.2) is 0 Å². The Morgan fingerprint density at radius 3 is 3.07 bits per heavy atom. The van der Waals surface area contributed by atoms with Crippen LogP contribution in [0.2, 0.25) is 0 Å². The Morgan fingerprint density at radius 1 is 1.71 bits per heavy atom. The number of rotatable bonds is 5. The van der Waals surface area contributed by atoms with Crippen LogP contribution >= 0.6 is 11.8 Å². The van der Waals surface area contributed by atoms with Crippen molar-refractivity contribution < 1.29 is 4.42 Å². The summed E-state index contributed by atoms with van der Waals surface area (Å²) < 4.78 is 5.28. The number of hydrogen-bond donors (Lipinski definition) is 1.